The molecule has 3 N–H and O–H groups in total. The SMILES string of the molecule is Cc1cc(C)c(OCC(=O)NC(N)=S)c(Br)c1. The second kappa shape index (κ2) is 5.97. The molecule has 1 amide bonds. The van der Waals surface area contributed by atoms with Gasteiger partial charge in [0, 0.05) is 0 Å². The van der Waals surface area contributed by atoms with Crippen molar-refractivity contribution in [1.82, 2.24) is 5.32 Å². The summed E-state index contributed by atoms with van der Waals surface area (Å²) in [6, 6.07) is 3.90. The first-order valence-electron chi connectivity index (χ1n) is 4.89. The Hall–Kier alpha value is -1.14. The van der Waals surface area contributed by atoms with E-state index in [9.17, 15) is 4.79 Å². The maximum Gasteiger partial charge on any atom is 0.264 e. The number of aryl methyl sites for hydroxylation is 2. The van der Waals surface area contributed by atoms with E-state index in [0.717, 1.165) is 15.6 Å². The third kappa shape index (κ3) is 4.32. The van der Waals surface area contributed by atoms with E-state index in [1.807, 2.05) is 26.0 Å². The summed E-state index contributed by atoms with van der Waals surface area (Å²) in [7, 11) is 0. The minimum absolute atomic E-state index is 0.0571. The second-order valence-electron chi connectivity index (χ2n) is 3.59. The Morgan fingerprint density at radius 3 is 2.71 bits per heavy atom. The van der Waals surface area contributed by atoms with E-state index in [1.54, 1.807) is 0 Å². The molecule has 0 unspecified atom stereocenters. The number of benzene rings is 1. The maximum absolute atomic E-state index is 11.3. The van der Waals surface area contributed by atoms with Gasteiger partial charge in [0.05, 0.1) is 4.47 Å². The van der Waals surface area contributed by atoms with Crippen molar-refractivity contribution in [1.29, 1.82) is 0 Å². The maximum atomic E-state index is 11.3. The molecule has 0 fully saturated rings. The Kier molecular flexibility index (Phi) is 4.89. The van der Waals surface area contributed by atoms with Crippen molar-refractivity contribution in [2.75, 3.05) is 6.61 Å². The van der Waals surface area contributed by atoms with Crippen LogP contribution in [0.25, 0.3) is 0 Å². The van der Waals surface area contributed by atoms with Crippen LogP contribution in [0.4, 0.5) is 0 Å². The van der Waals surface area contributed by atoms with E-state index < -0.39 is 0 Å². The molecular weight excluding hydrogens is 304 g/mol. The average Bonchev–Trinajstić information content (AvgIpc) is 2.14. The van der Waals surface area contributed by atoms with E-state index in [-0.39, 0.29) is 17.6 Å². The molecule has 0 heterocycles. The summed E-state index contributed by atoms with van der Waals surface area (Å²) in [6.45, 7) is 3.78. The molecule has 0 bridgehead atoms. The van der Waals surface area contributed by atoms with Crippen LogP contribution in [0, 0.1) is 13.8 Å². The molecule has 1 aromatic rings. The Labute approximate surface area is 114 Å². The summed E-state index contributed by atoms with van der Waals surface area (Å²) in [6.07, 6.45) is 0. The molecule has 1 aromatic carbocycles. The number of hydrogen-bond acceptors (Lipinski definition) is 3. The molecule has 0 saturated heterocycles. The largest absolute Gasteiger partial charge is 0.482 e. The van der Waals surface area contributed by atoms with Crippen LogP contribution in [-0.2, 0) is 4.79 Å². The van der Waals surface area contributed by atoms with Gasteiger partial charge in [-0.3, -0.25) is 4.79 Å². The van der Waals surface area contributed by atoms with Crippen molar-refractivity contribution in [3.63, 3.8) is 0 Å². The molecule has 0 aliphatic rings. The van der Waals surface area contributed by atoms with Crippen molar-refractivity contribution in [3.8, 4) is 5.75 Å². The van der Waals surface area contributed by atoms with Crippen LogP contribution in [0.5, 0.6) is 5.75 Å². The fourth-order valence-electron chi connectivity index (χ4n) is 1.40. The molecular formula is C11H13BrN2O2S. The highest BCUT2D eigenvalue weighted by atomic mass is 79.9. The van der Waals surface area contributed by atoms with Crippen LogP contribution < -0.4 is 15.8 Å². The number of halogens is 1. The Bertz CT molecular complexity index is 440. The van der Waals surface area contributed by atoms with Gasteiger partial charge in [-0.25, -0.2) is 0 Å². The Morgan fingerprint density at radius 1 is 1.53 bits per heavy atom. The lowest BCUT2D eigenvalue weighted by molar-refractivity contribution is -0.121. The molecule has 1 rings (SSSR count). The van der Waals surface area contributed by atoms with Crippen LogP contribution in [-0.4, -0.2) is 17.6 Å². The third-order valence-corrected chi connectivity index (χ3v) is 2.67. The number of carbonyl (C=O) groups excluding carboxylic acids is 1. The first-order chi connectivity index (χ1) is 7.90. The fraction of sp³-hybridized carbons (Fsp3) is 0.273. The van der Waals surface area contributed by atoms with Gasteiger partial charge in [0.15, 0.2) is 11.7 Å². The summed E-state index contributed by atoms with van der Waals surface area (Å²) in [5.74, 6) is 0.276. The second-order valence-corrected chi connectivity index (χ2v) is 4.89. The summed E-state index contributed by atoms with van der Waals surface area (Å²) in [5.41, 5.74) is 7.25. The highest BCUT2D eigenvalue weighted by Crippen LogP contribution is 2.29. The highest BCUT2D eigenvalue weighted by molar-refractivity contribution is 9.10. The molecule has 92 valence electrons. The van der Waals surface area contributed by atoms with E-state index in [0.29, 0.717) is 5.75 Å². The lowest BCUT2D eigenvalue weighted by Crippen LogP contribution is -2.37. The standard InChI is InChI=1S/C11H13BrN2O2S/c1-6-3-7(2)10(8(12)4-6)16-5-9(15)14-11(13)17/h3-4H,5H2,1-2H3,(H3,13,14,15,17). The smallest absolute Gasteiger partial charge is 0.264 e. The lowest BCUT2D eigenvalue weighted by atomic mass is 10.1. The molecule has 4 nitrogen and oxygen atoms in total. The minimum Gasteiger partial charge on any atom is -0.482 e. The minimum atomic E-state index is -0.371. The molecule has 0 aliphatic heterocycles. The van der Waals surface area contributed by atoms with Gasteiger partial charge in [-0.05, 0) is 59.2 Å². The third-order valence-electron chi connectivity index (χ3n) is 1.98. The number of rotatable bonds is 3. The molecule has 0 radical (unpaired) electrons. The average molecular weight is 317 g/mol. The van der Waals surface area contributed by atoms with E-state index in [2.05, 4.69) is 33.5 Å². The van der Waals surface area contributed by atoms with Gasteiger partial charge in [-0.2, -0.15) is 0 Å². The molecule has 0 atom stereocenters. The van der Waals surface area contributed by atoms with Gasteiger partial charge in [0.25, 0.3) is 5.91 Å². The molecule has 6 heteroatoms. The van der Waals surface area contributed by atoms with Crippen LogP contribution >= 0.6 is 28.1 Å². The number of hydrogen-bond donors (Lipinski definition) is 2. The van der Waals surface area contributed by atoms with Gasteiger partial charge in [0.2, 0.25) is 0 Å². The first kappa shape index (κ1) is 13.9. The van der Waals surface area contributed by atoms with Gasteiger partial charge < -0.3 is 15.8 Å². The number of amides is 1. The van der Waals surface area contributed by atoms with Gasteiger partial charge in [-0.1, -0.05) is 6.07 Å². The molecule has 0 aromatic heterocycles. The number of nitrogens with two attached hydrogens (primary N) is 1. The number of ether oxygens (including phenoxy) is 1. The molecule has 17 heavy (non-hydrogen) atoms. The van der Waals surface area contributed by atoms with Crippen molar-refractivity contribution in [2.45, 2.75) is 13.8 Å². The number of thiocarbonyl (C=S) groups is 1. The van der Waals surface area contributed by atoms with Crippen molar-refractivity contribution < 1.29 is 9.53 Å². The van der Waals surface area contributed by atoms with E-state index in [1.165, 1.54) is 0 Å². The number of nitrogens with one attached hydrogen (secondary N) is 1. The zero-order valence-electron chi connectivity index (χ0n) is 9.54. The normalized spacial score (nSPS) is 9.82. The molecule has 0 aliphatic carbocycles. The van der Waals surface area contributed by atoms with Crippen LogP contribution in [0.15, 0.2) is 16.6 Å². The van der Waals surface area contributed by atoms with Gasteiger partial charge in [0.1, 0.15) is 5.75 Å². The highest BCUT2D eigenvalue weighted by Gasteiger charge is 2.09. The summed E-state index contributed by atoms with van der Waals surface area (Å²) >= 11 is 7.94. The Balaban J connectivity index is 2.70. The van der Waals surface area contributed by atoms with Crippen LogP contribution in [0.1, 0.15) is 11.1 Å². The topological polar surface area (TPSA) is 64.3 Å². The van der Waals surface area contributed by atoms with Gasteiger partial charge >= 0.3 is 0 Å². The van der Waals surface area contributed by atoms with E-state index in [4.69, 9.17) is 10.5 Å². The van der Waals surface area contributed by atoms with Crippen molar-refractivity contribution >= 4 is 39.2 Å². The monoisotopic (exact) mass is 316 g/mol. The summed E-state index contributed by atoms with van der Waals surface area (Å²) < 4.78 is 6.23. The predicted octanol–water partition coefficient (Wildman–Crippen LogP) is 1.80. The van der Waals surface area contributed by atoms with Crippen LogP contribution in [0.2, 0.25) is 0 Å². The van der Waals surface area contributed by atoms with Crippen LogP contribution in [0.3, 0.4) is 0 Å². The van der Waals surface area contributed by atoms with E-state index >= 15 is 0 Å². The Morgan fingerprint density at radius 2 is 2.18 bits per heavy atom. The lowest BCUT2D eigenvalue weighted by Gasteiger charge is -2.11. The fourth-order valence-corrected chi connectivity index (χ4v) is 2.30. The zero-order chi connectivity index (χ0) is 13.0. The summed E-state index contributed by atoms with van der Waals surface area (Å²) in [5, 5.41) is 2.24. The first-order valence-corrected chi connectivity index (χ1v) is 6.09. The summed E-state index contributed by atoms with van der Waals surface area (Å²) in [4.78, 5) is 11.3. The van der Waals surface area contributed by atoms with Crippen molar-refractivity contribution in [3.05, 3.63) is 27.7 Å². The van der Waals surface area contributed by atoms with Gasteiger partial charge in [-0.15, -0.1) is 0 Å². The number of carbonyl (C=O) groups is 1. The van der Waals surface area contributed by atoms with Crippen molar-refractivity contribution in [2.24, 2.45) is 5.73 Å². The molecule has 0 spiro atoms. The quantitative estimate of drug-likeness (QED) is 0.835. The zero-order valence-corrected chi connectivity index (χ0v) is 11.9. The molecule has 0 saturated carbocycles. The predicted molar refractivity (Wildman–Crippen MR) is 74.0 cm³/mol.